The van der Waals surface area contributed by atoms with Crippen LogP contribution in [0.4, 0.5) is 10.2 Å². The molecule has 6 nitrogen and oxygen atoms in total. The fourth-order valence-corrected chi connectivity index (χ4v) is 3.70. The summed E-state index contributed by atoms with van der Waals surface area (Å²) >= 11 is 0. The molecule has 0 saturated carbocycles. The molecule has 2 aromatic heterocycles. The minimum absolute atomic E-state index is 0.0523. The number of aryl methyl sites for hydroxylation is 1. The van der Waals surface area contributed by atoms with E-state index in [1.54, 1.807) is 18.1 Å². The number of hydrogen-bond donors (Lipinski definition) is 1. The molecule has 1 saturated heterocycles. The highest BCUT2D eigenvalue weighted by Crippen LogP contribution is 2.32. The van der Waals surface area contributed by atoms with Crippen molar-refractivity contribution in [3.05, 3.63) is 58.7 Å². The average Bonchev–Trinajstić information content (AvgIpc) is 2.90. The second-order valence-corrected chi connectivity index (χ2v) is 7.44. The summed E-state index contributed by atoms with van der Waals surface area (Å²) in [5.41, 5.74) is 4.27. The number of fused-ring (bicyclic) bond motifs is 1. The van der Waals surface area contributed by atoms with Gasteiger partial charge in [-0.15, -0.1) is 0 Å². The predicted octanol–water partition coefficient (Wildman–Crippen LogP) is 3.85. The van der Waals surface area contributed by atoms with Crippen LogP contribution in [0.1, 0.15) is 33.7 Å². The summed E-state index contributed by atoms with van der Waals surface area (Å²) in [6.07, 6.45) is 1.03. The Morgan fingerprint density at radius 3 is 2.72 bits per heavy atom. The van der Waals surface area contributed by atoms with Crippen LogP contribution < -0.4 is 5.32 Å². The number of pyridine rings is 1. The van der Waals surface area contributed by atoms with Crippen molar-refractivity contribution < 1.29 is 13.9 Å². The molecule has 0 bridgehead atoms. The number of carbonyl (C=O) groups excluding carboxylic acids is 1. The van der Waals surface area contributed by atoms with Gasteiger partial charge in [-0.1, -0.05) is 12.1 Å². The molecular formula is C22H25FN4O2. The molecule has 0 radical (unpaired) electrons. The van der Waals surface area contributed by atoms with Gasteiger partial charge in [0.1, 0.15) is 18.2 Å². The zero-order valence-corrected chi connectivity index (χ0v) is 17.0. The molecular weight excluding hydrogens is 371 g/mol. The Balaban J connectivity index is 1.79. The number of hydrogen-bond acceptors (Lipinski definition) is 4. The lowest BCUT2D eigenvalue weighted by Gasteiger charge is -2.30. The summed E-state index contributed by atoms with van der Waals surface area (Å²) < 4.78 is 21.0. The van der Waals surface area contributed by atoms with E-state index in [1.807, 2.05) is 30.5 Å². The molecule has 29 heavy (non-hydrogen) atoms. The first kappa shape index (κ1) is 19.4. The minimum atomic E-state index is -0.279. The summed E-state index contributed by atoms with van der Waals surface area (Å²) in [5.74, 6) is 0.269. The van der Waals surface area contributed by atoms with E-state index in [4.69, 9.17) is 4.74 Å². The molecule has 0 aliphatic carbocycles. The number of amides is 1. The van der Waals surface area contributed by atoms with E-state index in [1.165, 1.54) is 12.1 Å². The number of benzene rings is 1. The van der Waals surface area contributed by atoms with Crippen LogP contribution in [0.5, 0.6) is 0 Å². The van der Waals surface area contributed by atoms with Gasteiger partial charge in [0.2, 0.25) is 0 Å². The molecule has 0 unspecified atom stereocenters. The third-order valence-corrected chi connectivity index (χ3v) is 5.58. The topological polar surface area (TPSA) is 59.4 Å². The second-order valence-electron chi connectivity index (χ2n) is 7.44. The van der Waals surface area contributed by atoms with E-state index in [0.29, 0.717) is 24.8 Å². The lowest BCUT2D eigenvalue weighted by atomic mass is 10.1. The number of anilines is 1. The number of methoxy groups -OCH3 is 1. The zero-order chi connectivity index (χ0) is 20.5. The van der Waals surface area contributed by atoms with E-state index < -0.39 is 0 Å². The van der Waals surface area contributed by atoms with Crippen molar-refractivity contribution in [1.82, 2.24) is 14.5 Å². The molecule has 3 heterocycles. The van der Waals surface area contributed by atoms with Gasteiger partial charge in [0, 0.05) is 37.8 Å². The molecule has 1 aromatic carbocycles. The monoisotopic (exact) mass is 396 g/mol. The zero-order valence-electron chi connectivity index (χ0n) is 17.0. The van der Waals surface area contributed by atoms with Crippen molar-refractivity contribution in [2.24, 2.45) is 0 Å². The highest BCUT2D eigenvalue weighted by Gasteiger charge is 2.25. The lowest BCUT2D eigenvalue weighted by molar-refractivity contribution is 0.0646. The van der Waals surface area contributed by atoms with Gasteiger partial charge in [0.05, 0.1) is 5.52 Å². The molecule has 0 atom stereocenters. The fourth-order valence-electron chi connectivity index (χ4n) is 3.70. The van der Waals surface area contributed by atoms with Gasteiger partial charge in [-0.05, 0) is 49.6 Å². The van der Waals surface area contributed by atoms with Gasteiger partial charge < -0.3 is 19.5 Å². The van der Waals surface area contributed by atoms with Gasteiger partial charge >= 0.3 is 0 Å². The number of nitrogens with zero attached hydrogens (tertiary/aromatic N) is 3. The Kier molecular flexibility index (Phi) is 5.24. The van der Waals surface area contributed by atoms with Crippen molar-refractivity contribution in [3.8, 4) is 0 Å². The Bertz CT molecular complexity index is 1070. The first-order valence-electron chi connectivity index (χ1n) is 9.76. The molecule has 1 fully saturated rings. The van der Waals surface area contributed by atoms with Crippen molar-refractivity contribution in [2.45, 2.75) is 33.5 Å². The van der Waals surface area contributed by atoms with Crippen molar-refractivity contribution >= 4 is 22.6 Å². The van der Waals surface area contributed by atoms with E-state index in [0.717, 1.165) is 47.2 Å². The molecule has 7 heteroatoms. The number of halogens is 1. The summed E-state index contributed by atoms with van der Waals surface area (Å²) in [7, 11) is 1.65. The molecule has 3 aromatic rings. The average molecular weight is 396 g/mol. The number of aromatic nitrogens is 2. The molecule has 0 spiro atoms. The highest BCUT2D eigenvalue weighted by atomic mass is 19.1. The van der Waals surface area contributed by atoms with Crippen LogP contribution in [0.3, 0.4) is 0 Å². The third-order valence-electron chi connectivity index (χ3n) is 5.58. The quantitative estimate of drug-likeness (QED) is 0.688. The summed E-state index contributed by atoms with van der Waals surface area (Å²) in [4.78, 5) is 19.3. The predicted molar refractivity (Wildman–Crippen MR) is 110 cm³/mol. The van der Waals surface area contributed by atoms with E-state index >= 15 is 0 Å². The standard InChI is InChI=1S/C22H25FN4O2/c1-14-15(2)27(13-29-3)20-18(14)11-19(22(28)26-8-5-9-26)25-21(20)24-12-16-6-4-7-17(23)10-16/h4,6-7,10-11H,5,8-9,12-13H2,1-3H3,(H,24,25). The Morgan fingerprint density at radius 1 is 1.28 bits per heavy atom. The van der Waals surface area contributed by atoms with Crippen LogP contribution in [0.15, 0.2) is 30.3 Å². The fraction of sp³-hybridized carbons (Fsp3) is 0.364. The van der Waals surface area contributed by atoms with Gasteiger partial charge in [0.25, 0.3) is 5.91 Å². The lowest BCUT2D eigenvalue weighted by Crippen LogP contribution is -2.42. The number of carbonyl (C=O) groups is 1. The highest BCUT2D eigenvalue weighted by molar-refractivity contribution is 6.01. The maximum atomic E-state index is 13.6. The number of rotatable bonds is 6. The molecule has 1 aliphatic rings. The minimum Gasteiger partial charge on any atom is -0.364 e. The Morgan fingerprint density at radius 2 is 2.07 bits per heavy atom. The Hall–Kier alpha value is -2.93. The normalized spacial score (nSPS) is 13.6. The van der Waals surface area contributed by atoms with Crippen molar-refractivity contribution in [3.63, 3.8) is 0 Å². The largest absolute Gasteiger partial charge is 0.364 e. The summed E-state index contributed by atoms with van der Waals surface area (Å²) in [5, 5.41) is 4.29. The number of likely N-dealkylation sites (tertiary alicyclic amines) is 1. The maximum Gasteiger partial charge on any atom is 0.272 e. The maximum absolute atomic E-state index is 13.6. The molecule has 152 valence electrons. The van der Waals surface area contributed by atoms with Crippen LogP contribution in [0, 0.1) is 19.7 Å². The number of ether oxygens (including phenoxy) is 1. The Labute approximate surface area is 169 Å². The van der Waals surface area contributed by atoms with Crippen LogP contribution in [0.2, 0.25) is 0 Å². The molecule has 1 N–H and O–H groups in total. The molecule has 1 amide bonds. The van der Waals surface area contributed by atoms with Gasteiger partial charge in [0.15, 0.2) is 5.82 Å². The molecule has 1 aliphatic heterocycles. The van der Waals surface area contributed by atoms with Gasteiger partial charge in [-0.25, -0.2) is 9.37 Å². The van der Waals surface area contributed by atoms with Gasteiger partial charge in [-0.3, -0.25) is 4.79 Å². The smallest absolute Gasteiger partial charge is 0.272 e. The second kappa shape index (κ2) is 7.83. The SMILES string of the molecule is COCn1c(C)c(C)c2cc(C(=O)N3CCC3)nc(NCc3cccc(F)c3)c21. The summed E-state index contributed by atoms with van der Waals surface area (Å²) in [6, 6.07) is 8.32. The van der Waals surface area contributed by atoms with E-state index in [9.17, 15) is 9.18 Å². The van der Waals surface area contributed by atoms with Crippen molar-refractivity contribution in [2.75, 3.05) is 25.5 Å². The van der Waals surface area contributed by atoms with Crippen LogP contribution in [-0.4, -0.2) is 40.6 Å². The van der Waals surface area contributed by atoms with Gasteiger partial charge in [-0.2, -0.15) is 0 Å². The van der Waals surface area contributed by atoms with Crippen molar-refractivity contribution in [1.29, 1.82) is 0 Å². The number of nitrogens with one attached hydrogen (secondary N) is 1. The van der Waals surface area contributed by atoms with Crippen LogP contribution in [0.25, 0.3) is 10.9 Å². The van der Waals surface area contributed by atoms with E-state index in [2.05, 4.69) is 10.3 Å². The van der Waals surface area contributed by atoms with Crippen LogP contribution in [-0.2, 0) is 18.0 Å². The summed E-state index contributed by atoms with van der Waals surface area (Å²) in [6.45, 7) is 6.39. The molecule has 4 rings (SSSR count). The third kappa shape index (κ3) is 3.58. The van der Waals surface area contributed by atoms with Crippen LogP contribution >= 0.6 is 0 Å². The first-order chi connectivity index (χ1) is 14.0. The first-order valence-corrected chi connectivity index (χ1v) is 9.76. The van der Waals surface area contributed by atoms with E-state index in [-0.39, 0.29) is 11.7 Å².